The summed E-state index contributed by atoms with van der Waals surface area (Å²) in [6.45, 7) is 18.1. The lowest BCUT2D eigenvalue weighted by atomic mass is 9.97. The van der Waals surface area contributed by atoms with Crippen molar-refractivity contribution in [3.8, 4) is 33.8 Å². The average molecular weight is 418 g/mol. The second kappa shape index (κ2) is 8.77. The third-order valence-electron chi connectivity index (χ3n) is 5.66. The van der Waals surface area contributed by atoms with Crippen LogP contribution in [0.15, 0.2) is 60.8 Å². The summed E-state index contributed by atoms with van der Waals surface area (Å²) >= 11 is 0. The van der Waals surface area contributed by atoms with Crippen molar-refractivity contribution in [2.45, 2.75) is 41.0 Å². The van der Waals surface area contributed by atoms with Crippen molar-refractivity contribution in [3.63, 3.8) is 0 Å². The molecule has 0 fully saturated rings. The number of nitrogens with zero attached hydrogens (tertiary/aromatic N) is 3. The van der Waals surface area contributed by atoms with Crippen LogP contribution in [0.1, 0.15) is 34.7 Å². The van der Waals surface area contributed by atoms with E-state index >= 15 is 0 Å². The first kappa shape index (κ1) is 21.5. The van der Waals surface area contributed by atoms with Gasteiger partial charge in [-0.3, -0.25) is 4.98 Å². The van der Waals surface area contributed by atoms with Gasteiger partial charge in [-0.2, -0.15) is 0 Å². The molecule has 0 aliphatic heterocycles. The molecule has 0 saturated carbocycles. The summed E-state index contributed by atoms with van der Waals surface area (Å²) in [5.41, 5.74) is 12.2. The van der Waals surface area contributed by atoms with Crippen LogP contribution >= 0.6 is 0 Å². The zero-order valence-corrected chi connectivity index (χ0v) is 19.3. The van der Waals surface area contributed by atoms with Gasteiger partial charge in [0.05, 0.1) is 29.9 Å². The maximum Gasteiger partial charge on any atom is 0.191 e. The molecule has 3 aromatic carbocycles. The van der Waals surface area contributed by atoms with E-state index in [-0.39, 0.29) is 0 Å². The molecule has 0 aliphatic carbocycles. The summed E-state index contributed by atoms with van der Waals surface area (Å²) in [5.74, 6) is 0. The minimum Gasteiger partial charge on any atom is -0.252 e. The van der Waals surface area contributed by atoms with E-state index in [0.717, 1.165) is 45.8 Å². The number of rotatable bonds is 4. The highest BCUT2D eigenvalue weighted by atomic mass is 14.8. The SMILES string of the molecule is [C-]#[N+]c1cccc(-c2cnc(-c3cc(C)cc(C)c3)c(-c3cc(C)cc(C)c3)n2)c1CC. The summed E-state index contributed by atoms with van der Waals surface area (Å²) in [4.78, 5) is 13.8. The number of aromatic nitrogens is 2. The molecule has 0 aliphatic rings. The average Bonchev–Trinajstić information content (AvgIpc) is 2.76. The maximum absolute atomic E-state index is 7.55. The molecule has 0 N–H and O–H groups in total. The fourth-order valence-corrected chi connectivity index (χ4v) is 4.45. The molecular formula is C29H27N3. The van der Waals surface area contributed by atoms with E-state index in [9.17, 15) is 0 Å². The van der Waals surface area contributed by atoms with Crippen molar-refractivity contribution in [2.24, 2.45) is 0 Å². The smallest absolute Gasteiger partial charge is 0.191 e. The van der Waals surface area contributed by atoms with Crippen LogP contribution in [0.2, 0.25) is 0 Å². The molecule has 3 heteroatoms. The van der Waals surface area contributed by atoms with Crippen molar-refractivity contribution in [2.75, 3.05) is 0 Å². The predicted octanol–water partition coefficient (Wildman–Crippen LogP) is 7.82. The number of hydrogen-bond acceptors (Lipinski definition) is 2. The first-order valence-electron chi connectivity index (χ1n) is 10.9. The lowest BCUT2D eigenvalue weighted by Crippen LogP contribution is -1.99. The van der Waals surface area contributed by atoms with Crippen LogP contribution in [0.5, 0.6) is 0 Å². The molecule has 3 nitrogen and oxygen atoms in total. The summed E-state index contributed by atoms with van der Waals surface area (Å²) in [5, 5.41) is 0. The Morgan fingerprint density at radius 1 is 0.781 bits per heavy atom. The van der Waals surface area contributed by atoms with Crippen LogP contribution in [0.25, 0.3) is 38.6 Å². The van der Waals surface area contributed by atoms with Crippen molar-refractivity contribution in [1.29, 1.82) is 0 Å². The highest BCUT2D eigenvalue weighted by molar-refractivity contribution is 5.82. The quantitative estimate of drug-likeness (QED) is 0.317. The van der Waals surface area contributed by atoms with Gasteiger partial charge in [0.1, 0.15) is 0 Å². The molecule has 0 bridgehead atoms. The second-order valence-electron chi connectivity index (χ2n) is 8.47. The van der Waals surface area contributed by atoms with Gasteiger partial charge in [0.2, 0.25) is 0 Å². The van der Waals surface area contributed by atoms with Crippen molar-refractivity contribution < 1.29 is 0 Å². The first-order valence-corrected chi connectivity index (χ1v) is 10.9. The topological polar surface area (TPSA) is 30.1 Å². The van der Waals surface area contributed by atoms with Gasteiger partial charge in [-0.15, -0.1) is 0 Å². The first-order chi connectivity index (χ1) is 15.4. The fraction of sp³-hybridized carbons (Fsp3) is 0.207. The molecule has 1 heterocycles. The lowest BCUT2D eigenvalue weighted by molar-refractivity contribution is 1.13. The Kier molecular flexibility index (Phi) is 5.88. The van der Waals surface area contributed by atoms with E-state index in [1.54, 1.807) is 0 Å². The van der Waals surface area contributed by atoms with Gasteiger partial charge in [-0.25, -0.2) is 9.83 Å². The van der Waals surface area contributed by atoms with Crippen LogP contribution in [-0.2, 0) is 6.42 Å². The number of benzene rings is 3. The van der Waals surface area contributed by atoms with Crippen molar-refractivity contribution in [3.05, 3.63) is 100 Å². The third-order valence-corrected chi connectivity index (χ3v) is 5.66. The molecule has 1 aromatic heterocycles. The molecular weight excluding hydrogens is 390 g/mol. The molecule has 32 heavy (non-hydrogen) atoms. The molecule has 0 atom stereocenters. The van der Waals surface area contributed by atoms with Crippen molar-refractivity contribution >= 4 is 5.69 Å². The predicted molar refractivity (Wildman–Crippen MR) is 133 cm³/mol. The zero-order chi connectivity index (χ0) is 22.8. The Labute approximate surface area is 190 Å². The molecule has 4 aromatic rings. The Hall–Kier alpha value is -3.77. The Bertz CT molecular complexity index is 1320. The highest BCUT2D eigenvalue weighted by Gasteiger charge is 2.17. The molecule has 0 radical (unpaired) electrons. The number of hydrogen-bond donors (Lipinski definition) is 0. The second-order valence-corrected chi connectivity index (χ2v) is 8.47. The largest absolute Gasteiger partial charge is 0.252 e. The van der Waals surface area contributed by atoms with Gasteiger partial charge in [-0.05, 0) is 69.5 Å². The van der Waals surface area contributed by atoms with Gasteiger partial charge < -0.3 is 0 Å². The van der Waals surface area contributed by atoms with E-state index in [4.69, 9.17) is 16.5 Å². The van der Waals surface area contributed by atoms with E-state index in [0.29, 0.717) is 5.69 Å². The van der Waals surface area contributed by atoms with Crippen LogP contribution in [0.4, 0.5) is 5.69 Å². The van der Waals surface area contributed by atoms with Crippen molar-refractivity contribution in [1.82, 2.24) is 9.97 Å². The normalized spacial score (nSPS) is 10.8. The van der Waals surface area contributed by atoms with Crippen LogP contribution in [-0.4, -0.2) is 9.97 Å². The molecule has 158 valence electrons. The van der Waals surface area contributed by atoms with E-state index < -0.39 is 0 Å². The van der Waals surface area contributed by atoms with E-state index in [2.05, 4.69) is 75.9 Å². The van der Waals surface area contributed by atoms with Gasteiger partial charge in [0.25, 0.3) is 0 Å². The molecule has 0 spiro atoms. The summed E-state index contributed by atoms with van der Waals surface area (Å²) < 4.78 is 0. The van der Waals surface area contributed by atoms with Crippen LogP contribution in [0, 0.1) is 34.3 Å². The summed E-state index contributed by atoms with van der Waals surface area (Å²) in [6, 6.07) is 18.9. The molecule has 0 unspecified atom stereocenters. The minimum absolute atomic E-state index is 0.679. The van der Waals surface area contributed by atoms with Gasteiger partial charge in [0.15, 0.2) is 5.69 Å². The lowest BCUT2D eigenvalue weighted by Gasteiger charge is -2.15. The summed E-state index contributed by atoms with van der Waals surface area (Å²) in [7, 11) is 0. The zero-order valence-electron chi connectivity index (χ0n) is 19.3. The molecule has 0 amide bonds. The van der Waals surface area contributed by atoms with E-state index in [1.165, 1.54) is 22.3 Å². The van der Waals surface area contributed by atoms with Gasteiger partial charge >= 0.3 is 0 Å². The fourth-order valence-electron chi connectivity index (χ4n) is 4.45. The highest BCUT2D eigenvalue weighted by Crippen LogP contribution is 2.35. The minimum atomic E-state index is 0.679. The Balaban J connectivity index is 2.01. The Morgan fingerprint density at radius 2 is 1.34 bits per heavy atom. The standard InChI is InChI=1S/C29H27N3/c1-7-24-25(9-8-10-26(24)30-6)27-17-31-28(22-13-18(2)11-19(3)14-22)29(32-27)23-15-20(4)12-21(5)16-23/h8-17H,7H2,1-5H3. The number of aryl methyl sites for hydroxylation is 4. The van der Waals surface area contributed by atoms with Crippen LogP contribution in [0.3, 0.4) is 0 Å². The third kappa shape index (κ3) is 4.18. The summed E-state index contributed by atoms with van der Waals surface area (Å²) in [6.07, 6.45) is 2.62. The maximum atomic E-state index is 7.55. The van der Waals surface area contributed by atoms with Gasteiger partial charge in [0, 0.05) is 11.1 Å². The van der Waals surface area contributed by atoms with Crippen LogP contribution < -0.4 is 0 Å². The van der Waals surface area contributed by atoms with E-state index in [1.807, 2.05) is 24.4 Å². The molecule has 0 saturated heterocycles. The monoisotopic (exact) mass is 417 g/mol. The Morgan fingerprint density at radius 3 is 1.88 bits per heavy atom. The molecule has 4 rings (SSSR count). The van der Waals surface area contributed by atoms with Gasteiger partial charge in [-0.1, -0.05) is 59.5 Å².